The number of thiophene rings is 1. The normalized spacial score (nSPS) is 30.4. The van der Waals surface area contributed by atoms with Gasteiger partial charge in [-0.15, -0.1) is 11.3 Å². The third-order valence-electron chi connectivity index (χ3n) is 3.04. The van der Waals surface area contributed by atoms with Gasteiger partial charge in [0.2, 0.25) is 0 Å². The van der Waals surface area contributed by atoms with Crippen LogP contribution in [0.1, 0.15) is 31.2 Å². The summed E-state index contributed by atoms with van der Waals surface area (Å²) in [6.07, 6.45) is 0.713. The first-order valence-corrected chi connectivity index (χ1v) is 8.12. The Morgan fingerprint density at radius 1 is 1.56 bits per heavy atom. The lowest BCUT2D eigenvalue weighted by molar-refractivity contribution is 0.358. The number of nitrogens with one attached hydrogen (secondary N) is 1. The number of hydrogen-bond acceptors (Lipinski definition) is 4. The first-order valence-electron chi connectivity index (χ1n) is 5.42. The van der Waals surface area contributed by atoms with Gasteiger partial charge < -0.3 is 5.32 Å². The third kappa shape index (κ3) is 2.64. The van der Waals surface area contributed by atoms with Crippen LogP contribution >= 0.6 is 11.3 Å². The minimum Gasteiger partial charge on any atom is -0.303 e. The molecule has 1 aliphatic heterocycles. The van der Waals surface area contributed by atoms with Crippen LogP contribution in [0.2, 0.25) is 0 Å². The van der Waals surface area contributed by atoms with Crippen molar-refractivity contribution in [2.24, 2.45) is 0 Å². The second-order valence-corrected chi connectivity index (χ2v) is 7.95. The average molecular weight is 259 g/mol. The van der Waals surface area contributed by atoms with Crippen molar-refractivity contribution in [3.05, 3.63) is 22.4 Å². The van der Waals surface area contributed by atoms with Gasteiger partial charge in [-0.1, -0.05) is 6.07 Å². The van der Waals surface area contributed by atoms with E-state index in [1.807, 2.05) is 18.4 Å². The minimum atomic E-state index is -2.83. The van der Waals surface area contributed by atoms with Crippen LogP contribution < -0.4 is 5.32 Å². The first kappa shape index (κ1) is 12.1. The zero-order chi connectivity index (χ0) is 11.8. The predicted octanol–water partition coefficient (Wildman–Crippen LogP) is 1.98. The lowest BCUT2D eigenvalue weighted by Crippen LogP contribution is -2.44. The Morgan fingerprint density at radius 3 is 2.81 bits per heavy atom. The van der Waals surface area contributed by atoms with Gasteiger partial charge in [0, 0.05) is 16.5 Å². The molecule has 2 unspecified atom stereocenters. The predicted molar refractivity (Wildman–Crippen MR) is 67.5 cm³/mol. The van der Waals surface area contributed by atoms with Gasteiger partial charge in [0.25, 0.3) is 0 Å². The van der Waals surface area contributed by atoms with E-state index in [9.17, 15) is 8.42 Å². The number of sulfone groups is 1. The van der Waals surface area contributed by atoms with Crippen molar-refractivity contribution < 1.29 is 8.42 Å². The molecule has 3 nitrogen and oxygen atoms in total. The molecule has 0 aromatic carbocycles. The van der Waals surface area contributed by atoms with E-state index in [1.165, 1.54) is 4.88 Å². The molecule has 0 aliphatic carbocycles. The second-order valence-electron chi connectivity index (χ2n) is 4.78. The molecule has 0 bridgehead atoms. The molecule has 1 N–H and O–H groups in total. The maximum atomic E-state index is 11.5. The molecule has 90 valence electrons. The van der Waals surface area contributed by atoms with Crippen molar-refractivity contribution in [2.75, 3.05) is 11.5 Å². The molecule has 1 aromatic rings. The number of rotatable bonds is 3. The Balaban J connectivity index is 2.05. The summed E-state index contributed by atoms with van der Waals surface area (Å²) in [5.41, 5.74) is -0.262. The van der Waals surface area contributed by atoms with Gasteiger partial charge in [0.15, 0.2) is 9.84 Å². The minimum absolute atomic E-state index is 0.221. The van der Waals surface area contributed by atoms with Gasteiger partial charge in [-0.05, 0) is 31.7 Å². The average Bonchev–Trinajstić information content (AvgIpc) is 2.73. The highest BCUT2D eigenvalue weighted by molar-refractivity contribution is 7.91. The molecule has 1 aliphatic rings. The van der Waals surface area contributed by atoms with Crippen LogP contribution in [0, 0.1) is 0 Å². The molecule has 1 saturated heterocycles. The molecule has 0 saturated carbocycles. The van der Waals surface area contributed by atoms with E-state index >= 15 is 0 Å². The third-order valence-corrected chi connectivity index (χ3v) is 6.00. The zero-order valence-corrected chi connectivity index (χ0v) is 11.2. The fourth-order valence-corrected chi connectivity index (χ4v) is 5.09. The monoisotopic (exact) mass is 259 g/mol. The van der Waals surface area contributed by atoms with E-state index in [-0.39, 0.29) is 17.3 Å². The SMILES string of the molecule is CC(NC1(C)CCS(=O)(=O)C1)c1cccs1. The summed E-state index contributed by atoms with van der Waals surface area (Å²) in [4.78, 5) is 1.26. The Kier molecular flexibility index (Phi) is 3.11. The Labute approximate surface area is 101 Å². The molecule has 16 heavy (non-hydrogen) atoms. The van der Waals surface area contributed by atoms with Gasteiger partial charge in [-0.25, -0.2) is 8.42 Å². The molecular weight excluding hydrogens is 242 g/mol. The summed E-state index contributed by atoms with van der Waals surface area (Å²) in [6, 6.07) is 4.32. The van der Waals surface area contributed by atoms with Crippen molar-refractivity contribution in [2.45, 2.75) is 31.8 Å². The van der Waals surface area contributed by atoms with Gasteiger partial charge in [0.1, 0.15) is 0 Å². The summed E-state index contributed by atoms with van der Waals surface area (Å²) in [6.45, 7) is 4.09. The summed E-state index contributed by atoms with van der Waals surface area (Å²) in [5, 5.41) is 5.49. The van der Waals surface area contributed by atoms with E-state index in [0.29, 0.717) is 12.2 Å². The molecule has 1 fully saturated rings. The Hall–Kier alpha value is -0.390. The van der Waals surface area contributed by atoms with Gasteiger partial charge >= 0.3 is 0 Å². The van der Waals surface area contributed by atoms with Crippen LogP contribution in [-0.4, -0.2) is 25.5 Å². The summed E-state index contributed by atoms with van der Waals surface area (Å²) in [7, 11) is -2.83. The molecular formula is C11H17NO2S2. The van der Waals surface area contributed by atoms with E-state index in [1.54, 1.807) is 11.3 Å². The Bertz CT molecular complexity index is 452. The molecule has 1 aromatic heterocycles. The standard InChI is InChI=1S/C11H17NO2S2/c1-9(10-4-3-6-15-10)12-11(2)5-7-16(13,14)8-11/h3-4,6,9,12H,5,7-8H2,1-2H3. The van der Waals surface area contributed by atoms with Gasteiger partial charge in [-0.2, -0.15) is 0 Å². The van der Waals surface area contributed by atoms with Crippen molar-refractivity contribution >= 4 is 21.2 Å². The second kappa shape index (κ2) is 4.13. The van der Waals surface area contributed by atoms with Gasteiger partial charge in [0.05, 0.1) is 11.5 Å². The van der Waals surface area contributed by atoms with Crippen molar-refractivity contribution in [3.8, 4) is 0 Å². The van der Waals surface area contributed by atoms with Crippen LogP contribution in [0.3, 0.4) is 0 Å². The van der Waals surface area contributed by atoms with Crippen LogP contribution in [-0.2, 0) is 9.84 Å². The largest absolute Gasteiger partial charge is 0.303 e. The fraction of sp³-hybridized carbons (Fsp3) is 0.636. The van der Waals surface area contributed by atoms with E-state index in [2.05, 4.69) is 18.3 Å². The Morgan fingerprint density at radius 2 is 2.31 bits per heavy atom. The topological polar surface area (TPSA) is 46.2 Å². The quantitative estimate of drug-likeness (QED) is 0.903. The molecule has 0 spiro atoms. The lowest BCUT2D eigenvalue weighted by Gasteiger charge is -2.28. The van der Waals surface area contributed by atoms with Gasteiger partial charge in [-0.3, -0.25) is 0 Å². The zero-order valence-electron chi connectivity index (χ0n) is 9.56. The van der Waals surface area contributed by atoms with Crippen molar-refractivity contribution in [3.63, 3.8) is 0 Å². The highest BCUT2D eigenvalue weighted by atomic mass is 32.2. The molecule has 2 heterocycles. The highest BCUT2D eigenvalue weighted by Crippen LogP contribution is 2.27. The summed E-state index contributed by atoms with van der Waals surface area (Å²) in [5.74, 6) is 0.573. The van der Waals surface area contributed by atoms with Crippen LogP contribution in [0.15, 0.2) is 17.5 Å². The lowest BCUT2D eigenvalue weighted by atomic mass is 10.0. The van der Waals surface area contributed by atoms with E-state index in [4.69, 9.17) is 0 Å². The van der Waals surface area contributed by atoms with Crippen molar-refractivity contribution in [1.82, 2.24) is 5.32 Å². The maximum absolute atomic E-state index is 11.5. The molecule has 2 atom stereocenters. The summed E-state index contributed by atoms with van der Waals surface area (Å²) >= 11 is 1.70. The van der Waals surface area contributed by atoms with Crippen LogP contribution in [0.5, 0.6) is 0 Å². The summed E-state index contributed by atoms with van der Waals surface area (Å²) < 4.78 is 23.0. The first-order chi connectivity index (χ1) is 7.40. The fourth-order valence-electron chi connectivity index (χ4n) is 2.26. The molecule has 0 amide bonds. The van der Waals surface area contributed by atoms with Crippen LogP contribution in [0.25, 0.3) is 0 Å². The molecule has 0 radical (unpaired) electrons. The number of hydrogen-bond donors (Lipinski definition) is 1. The molecule has 2 rings (SSSR count). The van der Waals surface area contributed by atoms with Crippen molar-refractivity contribution in [1.29, 1.82) is 0 Å². The highest BCUT2D eigenvalue weighted by Gasteiger charge is 2.39. The van der Waals surface area contributed by atoms with E-state index < -0.39 is 9.84 Å². The van der Waals surface area contributed by atoms with Crippen LogP contribution in [0.4, 0.5) is 0 Å². The smallest absolute Gasteiger partial charge is 0.152 e. The van der Waals surface area contributed by atoms with E-state index in [0.717, 1.165) is 0 Å². The maximum Gasteiger partial charge on any atom is 0.152 e. The molecule has 5 heteroatoms.